The second-order valence-electron chi connectivity index (χ2n) is 2.87. The second kappa shape index (κ2) is 3.90. The zero-order chi connectivity index (χ0) is 10.8. The van der Waals surface area contributed by atoms with E-state index in [2.05, 4.69) is 10.2 Å². The standard InChI is InChI=1S/C9H8FN3OS/c1-5-12-13-9(14-5)15-8-4-6(10)2-3-7(8)11/h2-4H,11H2,1H3. The molecule has 2 N–H and O–H groups in total. The van der Waals surface area contributed by atoms with Crippen LogP contribution in [0.3, 0.4) is 0 Å². The fourth-order valence-electron chi connectivity index (χ4n) is 1.01. The molecule has 1 heterocycles. The van der Waals surface area contributed by atoms with Crippen LogP contribution in [0.15, 0.2) is 32.7 Å². The minimum absolute atomic E-state index is 0.345. The van der Waals surface area contributed by atoms with E-state index in [1.807, 2.05) is 0 Å². The summed E-state index contributed by atoms with van der Waals surface area (Å²) in [6.07, 6.45) is 0. The molecule has 0 saturated heterocycles. The molecule has 0 amide bonds. The molecular weight excluding hydrogens is 217 g/mol. The number of hydrogen-bond acceptors (Lipinski definition) is 5. The van der Waals surface area contributed by atoms with Crippen molar-refractivity contribution in [3.8, 4) is 0 Å². The van der Waals surface area contributed by atoms with E-state index in [9.17, 15) is 4.39 Å². The number of nitrogens with two attached hydrogens (primary N) is 1. The third-order valence-corrected chi connectivity index (χ3v) is 2.59. The van der Waals surface area contributed by atoms with Crippen molar-refractivity contribution in [1.29, 1.82) is 0 Å². The van der Waals surface area contributed by atoms with Gasteiger partial charge in [0.1, 0.15) is 5.82 Å². The number of nitrogens with zero attached hydrogens (tertiary/aromatic N) is 2. The Morgan fingerprint density at radius 1 is 1.40 bits per heavy atom. The third-order valence-electron chi connectivity index (χ3n) is 1.68. The molecule has 15 heavy (non-hydrogen) atoms. The Bertz CT molecular complexity index is 486. The summed E-state index contributed by atoms with van der Waals surface area (Å²) < 4.78 is 18.1. The van der Waals surface area contributed by atoms with Crippen molar-refractivity contribution < 1.29 is 8.81 Å². The zero-order valence-electron chi connectivity index (χ0n) is 7.90. The normalized spacial score (nSPS) is 10.5. The fourth-order valence-corrected chi connectivity index (χ4v) is 1.80. The summed E-state index contributed by atoms with van der Waals surface area (Å²) in [5.41, 5.74) is 6.15. The molecule has 2 aromatic rings. The monoisotopic (exact) mass is 225 g/mol. The quantitative estimate of drug-likeness (QED) is 0.794. The molecule has 0 spiro atoms. The molecule has 0 atom stereocenters. The van der Waals surface area contributed by atoms with Gasteiger partial charge in [0.2, 0.25) is 5.89 Å². The van der Waals surface area contributed by atoms with E-state index in [1.54, 1.807) is 6.92 Å². The van der Waals surface area contributed by atoms with Gasteiger partial charge >= 0.3 is 0 Å². The summed E-state index contributed by atoms with van der Waals surface area (Å²) >= 11 is 1.14. The number of rotatable bonds is 2. The van der Waals surface area contributed by atoms with Crippen molar-refractivity contribution in [2.45, 2.75) is 17.0 Å². The smallest absolute Gasteiger partial charge is 0.281 e. The summed E-state index contributed by atoms with van der Waals surface area (Å²) in [6.45, 7) is 1.69. The fraction of sp³-hybridized carbons (Fsp3) is 0.111. The Kier molecular flexibility index (Phi) is 2.59. The molecule has 0 fully saturated rings. The molecule has 1 aromatic heterocycles. The van der Waals surface area contributed by atoms with E-state index >= 15 is 0 Å². The van der Waals surface area contributed by atoms with Gasteiger partial charge in [0.05, 0.1) is 0 Å². The van der Waals surface area contributed by atoms with Crippen molar-refractivity contribution in [3.63, 3.8) is 0 Å². The molecule has 0 aliphatic heterocycles. The average molecular weight is 225 g/mol. The average Bonchev–Trinajstić information content (AvgIpc) is 2.58. The van der Waals surface area contributed by atoms with Crippen LogP contribution in [-0.4, -0.2) is 10.2 Å². The van der Waals surface area contributed by atoms with Crippen molar-refractivity contribution in [1.82, 2.24) is 10.2 Å². The predicted octanol–water partition coefficient (Wildman–Crippen LogP) is 2.25. The van der Waals surface area contributed by atoms with E-state index in [4.69, 9.17) is 10.2 Å². The Morgan fingerprint density at radius 2 is 2.20 bits per heavy atom. The molecule has 6 heteroatoms. The van der Waals surface area contributed by atoms with E-state index < -0.39 is 0 Å². The van der Waals surface area contributed by atoms with Crippen LogP contribution in [0.1, 0.15) is 5.89 Å². The highest BCUT2D eigenvalue weighted by Crippen LogP contribution is 2.31. The van der Waals surface area contributed by atoms with Gasteiger partial charge in [0.15, 0.2) is 0 Å². The van der Waals surface area contributed by atoms with Gasteiger partial charge in [-0.25, -0.2) is 4.39 Å². The van der Waals surface area contributed by atoms with E-state index in [0.717, 1.165) is 11.8 Å². The Balaban J connectivity index is 2.27. The van der Waals surface area contributed by atoms with Gasteiger partial charge in [0, 0.05) is 17.5 Å². The summed E-state index contributed by atoms with van der Waals surface area (Å²) in [7, 11) is 0. The van der Waals surface area contributed by atoms with Crippen LogP contribution < -0.4 is 5.73 Å². The largest absolute Gasteiger partial charge is 0.416 e. The molecule has 78 valence electrons. The first-order valence-electron chi connectivity index (χ1n) is 4.18. The van der Waals surface area contributed by atoms with Gasteiger partial charge in [-0.2, -0.15) is 0 Å². The summed E-state index contributed by atoms with van der Waals surface area (Å²) in [5, 5.41) is 7.79. The summed E-state index contributed by atoms with van der Waals surface area (Å²) in [4.78, 5) is 0.568. The number of benzene rings is 1. The molecule has 0 unspecified atom stereocenters. The Hall–Kier alpha value is -1.56. The lowest BCUT2D eigenvalue weighted by Gasteiger charge is -2.01. The molecule has 0 bridgehead atoms. The Morgan fingerprint density at radius 3 is 2.87 bits per heavy atom. The van der Waals surface area contributed by atoms with Crippen LogP contribution in [0, 0.1) is 12.7 Å². The van der Waals surface area contributed by atoms with Crippen LogP contribution in [0.2, 0.25) is 0 Å². The number of aryl methyl sites for hydroxylation is 1. The number of anilines is 1. The van der Waals surface area contributed by atoms with Crippen LogP contribution in [0.5, 0.6) is 0 Å². The molecule has 0 aliphatic carbocycles. The molecule has 0 aliphatic rings. The molecule has 2 rings (SSSR count). The van der Waals surface area contributed by atoms with E-state index in [1.165, 1.54) is 18.2 Å². The summed E-state index contributed by atoms with van der Waals surface area (Å²) in [5.74, 6) is 0.121. The number of halogens is 1. The maximum atomic E-state index is 12.9. The molecule has 1 aromatic carbocycles. The highest BCUT2D eigenvalue weighted by atomic mass is 32.2. The van der Waals surface area contributed by atoms with Gasteiger partial charge in [-0.1, -0.05) is 0 Å². The number of nitrogen functional groups attached to an aromatic ring is 1. The maximum absolute atomic E-state index is 12.9. The van der Waals surface area contributed by atoms with Crippen LogP contribution in [0.4, 0.5) is 10.1 Å². The van der Waals surface area contributed by atoms with Crippen LogP contribution in [-0.2, 0) is 0 Å². The first kappa shape index (κ1) is 9.97. The van der Waals surface area contributed by atoms with Crippen LogP contribution >= 0.6 is 11.8 Å². The van der Waals surface area contributed by atoms with Gasteiger partial charge in [-0.3, -0.25) is 0 Å². The SMILES string of the molecule is Cc1nnc(Sc2cc(F)ccc2N)o1. The Labute approximate surface area is 89.7 Å². The van der Waals surface area contributed by atoms with Gasteiger partial charge in [0.25, 0.3) is 5.22 Å². The first-order valence-corrected chi connectivity index (χ1v) is 5.00. The molecule has 0 radical (unpaired) electrons. The predicted molar refractivity (Wildman–Crippen MR) is 54.0 cm³/mol. The van der Waals surface area contributed by atoms with Gasteiger partial charge in [-0.15, -0.1) is 10.2 Å². The van der Waals surface area contributed by atoms with E-state index in [0.29, 0.717) is 21.7 Å². The minimum atomic E-state index is -0.345. The first-order chi connectivity index (χ1) is 7.15. The van der Waals surface area contributed by atoms with Gasteiger partial charge < -0.3 is 10.2 Å². The van der Waals surface area contributed by atoms with E-state index in [-0.39, 0.29) is 5.82 Å². The lowest BCUT2D eigenvalue weighted by molar-refractivity contribution is 0.429. The van der Waals surface area contributed by atoms with Crippen molar-refractivity contribution in [2.75, 3.05) is 5.73 Å². The third kappa shape index (κ3) is 2.27. The molecular formula is C9H8FN3OS. The highest BCUT2D eigenvalue weighted by molar-refractivity contribution is 7.99. The zero-order valence-corrected chi connectivity index (χ0v) is 8.71. The maximum Gasteiger partial charge on any atom is 0.281 e. The van der Waals surface area contributed by atoms with Crippen molar-refractivity contribution >= 4 is 17.4 Å². The number of hydrogen-bond donors (Lipinski definition) is 1. The summed E-state index contributed by atoms with van der Waals surface area (Å²) in [6, 6.07) is 4.14. The topological polar surface area (TPSA) is 64.9 Å². The second-order valence-corrected chi connectivity index (χ2v) is 3.86. The number of aromatic nitrogens is 2. The minimum Gasteiger partial charge on any atom is -0.416 e. The molecule has 4 nitrogen and oxygen atoms in total. The van der Waals surface area contributed by atoms with Crippen molar-refractivity contribution in [2.24, 2.45) is 0 Å². The highest BCUT2D eigenvalue weighted by Gasteiger charge is 2.08. The van der Waals surface area contributed by atoms with Crippen molar-refractivity contribution in [3.05, 3.63) is 29.9 Å². The van der Waals surface area contributed by atoms with Gasteiger partial charge in [-0.05, 0) is 30.0 Å². The van der Waals surface area contributed by atoms with Crippen LogP contribution in [0.25, 0.3) is 0 Å². The molecule has 0 saturated carbocycles. The lowest BCUT2D eigenvalue weighted by Crippen LogP contribution is -1.89. The lowest BCUT2D eigenvalue weighted by atomic mass is 10.3.